The zero-order valence-corrected chi connectivity index (χ0v) is 8.59. The normalized spacial score (nSPS) is 8.50. The molecule has 3 heteroatoms. The Morgan fingerprint density at radius 2 is 2.00 bits per heavy atom. The molecule has 0 fully saturated rings. The van der Waals surface area contributed by atoms with Gasteiger partial charge in [0.15, 0.2) is 0 Å². The SMILES string of the molecule is [Br][Mg][CH2]Oc1ccccc1. The van der Waals surface area contributed by atoms with Crippen LogP contribution in [0, 0.1) is 0 Å². The highest BCUT2D eigenvalue weighted by molar-refractivity contribution is 9.23. The van der Waals surface area contributed by atoms with Crippen molar-refractivity contribution in [2.24, 2.45) is 0 Å². The van der Waals surface area contributed by atoms with Gasteiger partial charge in [0.1, 0.15) is 5.75 Å². The van der Waals surface area contributed by atoms with Crippen LogP contribution in [-0.4, -0.2) is 22.9 Å². The Kier molecular flexibility index (Phi) is 4.17. The molecule has 50 valence electrons. The lowest BCUT2D eigenvalue weighted by molar-refractivity contribution is 0.387. The van der Waals surface area contributed by atoms with Crippen LogP contribution in [0.15, 0.2) is 30.3 Å². The van der Waals surface area contributed by atoms with Crippen molar-refractivity contribution in [3.05, 3.63) is 30.3 Å². The number of hydrogen-bond acceptors (Lipinski definition) is 1. The van der Waals surface area contributed by atoms with E-state index in [9.17, 15) is 0 Å². The smallest absolute Gasteiger partial charge is 0.520 e. The highest BCUT2D eigenvalue weighted by Gasteiger charge is 1.91. The maximum atomic E-state index is 5.37. The number of hydrogen-bond donors (Lipinski definition) is 0. The monoisotopic (exact) mass is 210 g/mol. The molecule has 0 aromatic heterocycles. The van der Waals surface area contributed by atoms with Gasteiger partial charge in [-0.2, -0.15) is 0 Å². The van der Waals surface area contributed by atoms with Gasteiger partial charge >= 0.3 is 18.2 Å². The summed E-state index contributed by atoms with van der Waals surface area (Å²) in [4.78, 5) is 0. The molecule has 1 rings (SSSR count). The number of halogens is 1. The van der Waals surface area contributed by atoms with Gasteiger partial charge in [-0.3, -0.25) is 0 Å². The van der Waals surface area contributed by atoms with E-state index in [1.807, 2.05) is 30.3 Å². The van der Waals surface area contributed by atoms with Gasteiger partial charge in [0.05, 0.1) is 0 Å². The van der Waals surface area contributed by atoms with Crippen molar-refractivity contribution >= 4 is 31.1 Å². The van der Waals surface area contributed by atoms with Gasteiger partial charge in [-0.15, -0.1) is 0 Å². The van der Waals surface area contributed by atoms with E-state index in [-0.39, 0.29) is 18.2 Å². The molecule has 0 unspecified atom stereocenters. The molecule has 10 heavy (non-hydrogen) atoms. The van der Waals surface area contributed by atoms with E-state index >= 15 is 0 Å². The average molecular weight is 211 g/mol. The van der Waals surface area contributed by atoms with Gasteiger partial charge in [-0.25, -0.2) is 0 Å². The van der Waals surface area contributed by atoms with Crippen LogP contribution in [0.5, 0.6) is 5.75 Å². The zero-order valence-electron chi connectivity index (χ0n) is 5.59. The van der Waals surface area contributed by atoms with E-state index in [1.165, 1.54) is 0 Å². The molecule has 0 saturated heterocycles. The lowest BCUT2D eigenvalue weighted by atomic mass is 10.3. The largest absolute Gasteiger partial charge is 0.522 e. The topological polar surface area (TPSA) is 9.23 Å². The summed E-state index contributed by atoms with van der Waals surface area (Å²) in [5.41, 5.74) is 0. The molecule has 0 aliphatic rings. The van der Waals surface area contributed by atoms with Gasteiger partial charge in [0.2, 0.25) is 0 Å². The van der Waals surface area contributed by atoms with Crippen molar-refractivity contribution < 1.29 is 4.74 Å². The fraction of sp³-hybridized carbons (Fsp3) is 0.143. The second kappa shape index (κ2) is 4.99. The highest BCUT2D eigenvalue weighted by atomic mass is 79.9. The van der Waals surface area contributed by atoms with Crippen molar-refractivity contribution in [2.45, 2.75) is 0 Å². The van der Waals surface area contributed by atoms with Gasteiger partial charge in [-0.05, 0) is 12.1 Å². The van der Waals surface area contributed by atoms with E-state index < -0.39 is 0 Å². The van der Waals surface area contributed by atoms with Crippen LogP contribution in [0.25, 0.3) is 0 Å². The summed E-state index contributed by atoms with van der Waals surface area (Å²) >= 11 is 3.28. The van der Waals surface area contributed by atoms with Gasteiger partial charge < -0.3 is 17.6 Å². The van der Waals surface area contributed by atoms with Crippen LogP contribution in [0.1, 0.15) is 0 Å². The number of benzene rings is 1. The van der Waals surface area contributed by atoms with Crippen molar-refractivity contribution in [2.75, 3.05) is 4.74 Å². The summed E-state index contributed by atoms with van der Waals surface area (Å²) in [6.45, 7) is 0. The van der Waals surface area contributed by atoms with Crippen LogP contribution in [0.4, 0.5) is 0 Å². The Morgan fingerprint density at radius 3 is 2.60 bits per heavy atom. The molecule has 1 aromatic rings. The third-order valence-corrected chi connectivity index (χ3v) is 2.42. The molecule has 0 atom stereocenters. The molecule has 0 heterocycles. The standard InChI is InChI=1S/C7H7O.BrH.Mg/c1-8-7-5-3-2-4-6-7;;/h2-6H,1H2;1H;/q;;+1/p-1. The molecular weight excluding hydrogens is 204 g/mol. The van der Waals surface area contributed by atoms with Crippen molar-refractivity contribution in [1.29, 1.82) is 0 Å². The minimum absolute atomic E-state index is 0.140. The Hall–Kier alpha value is 0.266. The third-order valence-electron chi connectivity index (χ3n) is 1.09. The highest BCUT2D eigenvalue weighted by Crippen LogP contribution is 2.07. The van der Waals surface area contributed by atoms with E-state index in [4.69, 9.17) is 4.74 Å². The predicted molar refractivity (Wildman–Crippen MR) is 46.6 cm³/mol. The summed E-state index contributed by atoms with van der Waals surface area (Å²) in [7, 11) is 0. The zero-order chi connectivity index (χ0) is 7.23. The first kappa shape index (κ1) is 8.36. The molecule has 0 aliphatic heterocycles. The maximum Gasteiger partial charge on any atom is 0.522 e. The molecule has 0 radical (unpaired) electrons. The minimum atomic E-state index is -0.140. The summed E-state index contributed by atoms with van der Waals surface area (Å²) in [5, 5.41) is 0. The second-order valence-electron chi connectivity index (χ2n) is 1.85. The van der Waals surface area contributed by atoms with Crippen molar-refractivity contribution in [3.8, 4) is 5.75 Å². The predicted octanol–water partition coefficient (Wildman–Crippen LogP) is 2.04. The molecule has 1 nitrogen and oxygen atoms in total. The molecule has 0 saturated carbocycles. The molecule has 0 bridgehead atoms. The van der Waals surface area contributed by atoms with Crippen LogP contribution < -0.4 is 4.74 Å². The van der Waals surface area contributed by atoms with Gasteiger partial charge in [0.25, 0.3) is 0 Å². The molecule has 1 aromatic carbocycles. The molecular formula is C7H7BrMgO. The number of ether oxygens (including phenoxy) is 1. The minimum Gasteiger partial charge on any atom is -0.520 e. The Balaban J connectivity index is 2.43. The Morgan fingerprint density at radius 1 is 1.30 bits per heavy atom. The Labute approximate surface area is 76.4 Å². The number of para-hydroxylation sites is 1. The van der Waals surface area contributed by atoms with Crippen LogP contribution >= 0.6 is 12.9 Å². The summed E-state index contributed by atoms with van der Waals surface area (Å²) in [5.74, 6) is 0.967. The van der Waals surface area contributed by atoms with E-state index in [2.05, 4.69) is 12.9 Å². The quantitative estimate of drug-likeness (QED) is 0.695. The Bertz CT molecular complexity index is 178. The van der Waals surface area contributed by atoms with E-state index in [1.54, 1.807) is 0 Å². The fourth-order valence-corrected chi connectivity index (χ4v) is 1.47. The summed E-state index contributed by atoms with van der Waals surface area (Å²) in [6.07, 6.45) is 0. The van der Waals surface area contributed by atoms with Crippen molar-refractivity contribution in [3.63, 3.8) is 0 Å². The first-order valence-corrected chi connectivity index (χ1v) is 8.07. The maximum absolute atomic E-state index is 5.37. The van der Waals surface area contributed by atoms with Crippen molar-refractivity contribution in [1.82, 2.24) is 0 Å². The third kappa shape index (κ3) is 2.90. The van der Waals surface area contributed by atoms with E-state index in [0.29, 0.717) is 0 Å². The average Bonchev–Trinajstić information content (AvgIpc) is 2.03. The van der Waals surface area contributed by atoms with Crippen LogP contribution in [0.2, 0.25) is 0 Å². The molecule has 0 spiro atoms. The van der Waals surface area contributed by atoms with Crippen LogP contribution in [-0.2, 0) is 0 Å². The first-order valence-electron chi connectivity index (χ1n) is 3.17. The van der Waals surface area contributed by atoms with Gasteiger partial charge in [-0.1, -0.05) is 18.2 Å². The first-order chi connectivity index (χ1) is 4.93. The lowest BCUT2D eigenvalue weighted by Crippen LogP contribution is -1.99. The van der Waals surface area contributed by atoms with Crippen LogP contribution in [0.3, 0.4) is 0 Å². The van der Waals surface area contributed by atoms with E-state index in [0.717, 1.165) is 10.5 Å². The molecule has 0 aliphatic carbocycles. The fourth-order valence-electron chi connectivity index (χ4n) is 0.673. The molecule has 0 N–H and O–H groups in total. The lowest BCUT2D eigenvalue weighted by Gasteiger charge is -2.01. The summed E-state index contributed by atoms with van der Waals surface area (Å²) < 4.78 is 6.24. The summed E-state index contributed by atoms with van der Waals surface area (Å²) in [6, 6.07) is 9.88. The van der Waals surface area contributed by atoms with Gasteiger partial charge in [0, 0.05) is 4.74 Å². The molecule has 0 amide bonds. The second-order valence-corrected chi connectivity index (χ2v) is 5.02. The number of rotatable bonds is 3.